The van der Waals surface area contributed by atoms with E-state index in [1.807, 2.05) is 77.5 Å². The minimum Gasteiger partial charge on any atom is -0.497 e. The molecule has 0 saturated heterocycles. The van der Waals surface area contributed by atoms with Crippen molar-refractivity contribution < 1.29 is 9.47 Å². The van der Waals surface area contributed by atoms with E-state index in [0.717, 1.165) is 34.0 Å². The lowest BCUT2D eigenvalue weighted by Crippen LogP contribution is -1.99. The van der Waals surface area contributed by atoms with Crippen molar-refractivity contribution in [3.8, 4) is 28.4 Å². The molecule has 1 heterocycles. The molecule has 0 aliphatic rings. The van der Waals surface area contributed by atoms with Crippen molar-refractivity contribution >= 4 is 0 Å². The van der Waals surface area contributed by atoms with E-state index in [2.05, 4.69) is 17.2 Å². The summed E-state index contributed by atoms with van der Waals surface area (Å²) in [6.07, 6.45) is 1.80. The molecule has 4 aromatic rings. The van der Waals surface area contributed by atoms with Crippen LogP contribution >= 0.6 is 0 Å². The van der Waals surface area contributed by atoms with Gasteiger partial charge in [0.15, 0.2) is 0 Å². The molecule has 0 bridgehead atoms. The zero-order chi connectivity index (χ0) is 18.5. The Kier molecular flexibility index (Phi) is 4.88. The summed E-state index contributed by atoms with van der Waals surface area (Å²) in [6, 6.07) is 28.1. The molecular formula is C23H20N2O2. The number of benzene rings is 3. The van der Waals surface area contributed by atoms with Crippen molar-refractivity contribution in [2.45, 2.75) is 6.61 Å². The number of nitrogens with zero attached hydrogens (tertiary/aromatic N) is 2. The van der Waals surface area contributed by atoms with Crippen molar-refractivity contribution in [3.63, 3.8) is 0 Å². The topological polar surface area (TPSA) is 36.3 Å². The third-order valence-electron chi connectivity index (χ3n) is 4.36. The van der Waals surface area contributed by atoms with Crippen molar-refractivity contribution in [1.82, 2.24) is 9.78 Å². The zero-order valence-corrected chi connectivity index (χ0v) is 15.1. The number of ether oxygens (including phenoxy) is 2. The van der Waals surface area contributed by atoms with E-state index in [1.54, 1.807) is 13.3 Å². The Labute approximate surface area is 158 Å². The average molecular weight is 356 g/mol. The Morgan fingerprint density at radius 2 is 1.48 bits per heavy atom. The lowest BCUT2D eigenvalue weighted by molar-refractivity contribution is 0.306. The van der Waals surface area contributed by atoms with E-state index in [0.29, 0.717) is 6.61 Å². The monoisotopic (exact) mass is 356 g/mol. The van der Waals surface area contributed by atoms with Gasteiger partial charge in [0.05, 0.1) is 24.7 Å². The van der Waals surface area contributed by atoms with Crippen LogP contribution in [0, 0.1) is 0 Å². The molecule has 0 fully saturated rings. The number of rotatable bonds is 6. The van der Waals surface area contributed by atoms with Gasteiger partial charge in [-0.15, -0.1) is 0 Å². The Hall–Kier alpha value is -3.53. The Morgan fingerprint density at radius 1 is 0.778 bits per heavy atom. The second-order valence-corrected chi connectivity index (χ2v) is 6.12. The first-order valence-electron chi connectivity index (χ1n) is 8.79. The third kappa shape index (κ3) is 3.85. The van der Waals surface area contributed by atoms with Crippen molar-refractivity contribution in [1.29, 1.82) is 0 Å². The van der Waals surface area contributed by atoms with Crippen molar-refractivity contribution in [2.75, 3.05) is 7.11 Å². The summed E-state index contributed by atoms with van der Waals surface area (Å²) in [5.74, 6) is 1.67. The minimum absolute atomic E-state index is 0.555. The first-order chi connectivity index (χ1) is 13.3. The van der Waals surface area contributed by atoms with Crippen LogP contribution in [0.4, 0.5) is 0 Å². The molecule has 0 atom stereocenters. The molecule has 4 nitrogen and oxygen atoms in total. The van der Waals surface area contributed by atoms with Gasteiger partial charge in [-0.3, -0.25) is 0 Å². The van der Waals surface area contributed by atoms with Gasteiger partial charge in [0.25, 0.3) is 0 Å². The molecule has 0 unspecified atom stereocenters. The summed E-state index contributed by atoms with van der Waals surface area (Å²) >= 11 is 0. The van der Waals surface area contributed by atoms with Crippen LogP contribution in [-0.4, -0.2) is 16.9 Å². The van der Waals surface area contributed by atoms with E-state index in [9.17, 15) is 0 Å². The number of hydrogen-bond donors (Lipinski definition) is 0. The predicted octanol–water partition coefficient (Wildman–Crippen LogP) is 5.13. The maximum Gasteiger partial charge on any atom is 0.119 e. The van der Waals surface area contributed by atoms with Crippen LogP contribution in [0.3, 0.4) is 0 Å². The molecule has 0 N–H and O–H groups in total. The summed E-state index contributed by atoms with van der Waals surface area (Å²) in [6.45, 7) is 0.555. The molecule has 134 valence electrons. The highest BCUT2D eigenvalue weighted by Gasteiger charge is 2.08. The summed E-state index contributed by atoms with van der Waals surface area (Å²) in [5, 5.41) is 4.47. The fourth-order valence-electron chi connectivity index (χ4n) is 2.91. The highest BCUT2D eigenvalue weighted by Crippen LogP contribution is 2.25. The fraction of sp³-hybridized carbons (Fsp3) is 0.0870. The Balaban J connectivity index is 1.51. The van der Waals surface area contributed by atoms with Crippen molar-refractivity contribution in [3.05, 3.63) is 96.7 Å². The standard InChI is InChI=1S/C23H20N2O2/c1-26-21-11-7-19(8-12-21)23-15-16-24-25(23)20-9-13-22(14-10-20)27-17-18-5-3-2-4-6-18/h2-16H,17H2,1H3. The van der Waals surface area contributed by atoms with Gasteiger partial charge in [-0.2, -0.15) is 5.10 Å². The molecule has 0 aliphatic heterocycles. The van der Waals surface area contributed by atoms with Crippen LogP contribution in [0.15, 0.2) is 91.1 Å². The lowest BCUT2D eigenvalue weighted by Gasteiger charge is -2.10. The SMILES string of the molecule is COc1ccc(-c2ccnn2-c2ccc(OCc3ccccc3)cc2)cc1. The molecule has 0 saturated carbocycles. The smallest absolute Gasteiger partial charge is 0.119 e. The molecule has 0 amide bonds. The van der Waals surface area contributed by atoms with E-state index in [4.69, 9.17) is 9.47 Å². The van der Waals surface area contributed by atoms with Gasteiger partial charge in [0.2, 0.25) is 0 Å². The van der Waals surface area contributed by atoms with Gasteiger partial charge in [0.1, 0.15) is 18.1 Å². The quantitative estimate of drug-likeness (QED) is 0.481. The Bertz CT molecular complexity index is 991. The van der Waals surface area contributed by atoms with Crippen LogP contribution in [0.5, 0.6) is 11.5 Å². The second-order valence-electron chi connectivity index (χ2n) is 6.12. The summed E-state index contributed by atoms with van der Waals surface area (Å²) in [4.78, 5) is 0. The number of methoxy groups -OCH3 is 1. The minimum atomic E-state index is 0.555. The van der Waals surface area contributed by atoms with Crippen LogP contribution in [0.25, 0.3) is 16.9 Å². The molecule has 0 aliphatic carbocycles. The van der Waals surface area contributed by atoms with Crippen LogP contribution < -0.4 is 9.47 Å². The van der Waals surface area contributed by atoms with Gasteiger partial charge in [-0.25, -0.2) is 4.68 Å². The Morgan fingerprint density at radius 3 is 2.19 bits per heavy atom. The van der Waals surface area contributed by atoms with E-state index < -0.39 is 0 Å². The maximum absolute atomic E-state index is 5.86. The normalized spacial score (nSPS) is 10.6. The summed E-state index contributed by atoms with van der Waals surface area (Å²) in [7, 11) is 1.67. The van der Waals surface area contributed by atoms with Crippen LogP contribution in [-0.2, 0) is 6.61 Å². The fourth-order valence-corrected chi connectivity index (χ4v) is 2.91. The highest BCUT2D eigenvalue weighted by atomic mass is 16.5. The molecule has 4 heteroatoms. The molecule has 1 aromatic heterocycles. The number of aromatic nitrogens is 2. The molecule has 0 spiro atoms. The van der Waals surface area contributed by atoms with E-state index >= 15 is 0 Å². The van der Waals surface area contributed by atoms with E-state index in [-0.39, 0.29) is 0 Å². The van der Waals surface area contributed by atoms with Gasteiger partial charge >= 0.3 is 0 Å². The van der Waals surface area contributed by atoms with Gasteiger partial charge in [-0.1, -0.05) is 30.3 Å². The molecule has 0 radical (unpaired) electrons. The van der Waals surface area contributed by atoms with Crippen molar-refractivity contribution in [2.24, 2.45) is 0 Å². The number of hydrogen-bond acceptors (Lipinski definition) is 3. The van der Waals surface area contributed by atoms with Gasteiger partial charge in [0, 0.05) is 5.56 Å². The van der Waals surface area contributed by atoms with Crippen LogP contribution in [0.2, 0.25) is 0 Å². The molecular weight excluding hydrogens is 336 g/mol. The van der Waals surface area contributed by atoms with Crippen LogP contribution in [0.1, 0.15) is 5.56 Å². The zero-order valence-electron chi connectivity index (χ0n) is 15.1. The first-order valence-corrected chi connectivity index (χ1v) is 8.79. The second kappa shape index (κ2) is 7.79. The summed E-state index contributed by atoms with van der Waals surface area (Å²) < 4.78 is 13.0. The van der Waals surface area contributed by atoms with E-state index in [1.165, 1.54) is 0 Å². The first kappa shape index (κ1) is 16.9. The predicted molar refractivity (Wildman–Crippen MR) is 106 cm³/mol. The molecule has 3 aromatic carbocycles. The average Bonchev–Trinajstić information content (AvgIpc) is 3.23. The maximum atomic E-state index is 5.86. The molecule has 27 heavy (non-hydrogen) atoms. The lowest BCUT2D eigenvalue weighted by atomic mass is 10.1. The third-order valence-corrected chi connectivity index (χ3v) is 4.36. The highest BCUT2D eigenvalue weighted by molar-refractivity contribution is 5.62. The van der Waals surface area contributed by atoms with Gasteiger partial charge in [-0.05, 0) is 60.2 Å². The molecule has 4 rings (SSSR count). The van der Waals surface area contributed by atoms with Gasteiger partial charge < -0.3 is 9.47 Å². The summed E-state index contributed by atoms with van der Waals surface area (Å²) in [5.41, 5.74) is 4.24. The largest absolute Gasteiger partial charge is 0.497 e.